The van der Waals surface area contributed by atoms with E-state index in [0.717, 1.165) is 0 Å². The number of esters is 1. The van der Waals surface area contributed by atoms with E-state index in [1.807, 2.05) is 0 Å². The molecule has 126 valence electrons. The summed E-state index contributed by atoms with van der Waals surface area (Å²) in [4.78, 5) is 12.5. The molecule has 0 amide bonds. The zero-order valence-electron chi connectivity index (χ0n) is 12.0. The average Bonchev–Trinajstić information content (AvgIpc) is 2.86. The molecule has 1 aliphatic rings. The molecule has 2 aromatic rings. The lowest BCUT2D eigenvalue weighted by Gasteiger charge is -2.32. The van der Waals surface area contributed by atoms with Crippen molar-refractivity contribution < 1.29 is 13.9 Å². The number of carbonyl (C=O) groups is 1. The largest absolute Gasteiger partial charge is 0.444 e. The van der Waals surface area contributed by atoms with E-state index in [9.17, 15) is 9.18 Å². The van der Waals surface area contributed by atoms with Gasteiger partial charge in [0.25, 0.3) is 0 Å². The third kappa shape index (κ3) is 2.41. The lowest BCUT2D eigenvalue weighted by molar-refractivity contribution is 0.0107. The highest BCUT2D eigenvalue weighted by Crippen LogP contribution is 2.54. The lowest BCUT2D eigenvalue weighted by atomic mass is 9.83. The number of hydrogen-bond donors (Lipinski definition) is 0. The zero-order valence-corrected chi connectivity index (χ0v) is 15.8. The Morgan fingerprint density at radius 2 is 1.54 bits per heavy atom. The summed E-state index contributed by atoms with van der Waals surface area (Å²) in [6.45, 7) is 1.63. The second-order valence-corrected chi connectivity index (χ2v) is 7.42. The van der Waals surface area contributed by atoms with Crippen LogP contribution < -0.4 is 0 Å². The van der Waals surface area contributed by atoms with Gasteiger partial charge in [-0.2, -0.15) is 0 Å². The Hall–Kier alpha value is -0.710. The average molecular weight is 429 g/mol. The molecule has 2 nitrogen and oxygen atoms in total. The van der Waals surface area contributed by atoms with Crippen molar-refractivity contribution in [2.75, 3.05) is 0 Å². The van der Waals surface area contributed by atoms with E-state index in [2.05, 4.69) is 0 Å². The van der Waals surface area contributed by atoms with Crippen LogP contribution in [-0.4, -0.2) is 11.3 Å². The molecule has 0 spiro atoms. The smallest absolute Gasteiger partial charge is 0.341 e. The van der Waals surface area contributed by atoms with Crippen molar-refractivity contribution in [1.82, 2.24) is 0 Å². The van der Waals surface area contributed by atoms with Gasteiger partial charge in [0.1, 0.15) is 5.82 Å². The van der Waals surface area contributed by atoms with Gasteiger partial charge in [-0.25, -0.2) is 9.18 Å². The Bertz CT molecular complexity index is 851. The molecular weight excluding hydrogens is 420 g/mol. The van der Waals surface area contributed by atoms with E-state index in [4.69, 9.17) is 62.7 Å². The first kappa shape index (κ1) is 18.1. The molecule has 2 aromatic carbocycles. The maximum atomic E-state index is 13.3. The van der Waals surface area contributed by atoms with Crippen molar-refractivity contribution >= 4 is 64.0 Å². The lowest BCUT2D eigenvalue weighted by Crippen LogP contribution is -2.36. The number of benzene rings is 2. The van der Waals surface area contributed by atoms with Gasteiger partial charge in [0.2, 0.25) is 0 Å². The minimum Gasteiger partial charge on any atom is -0.444 e. The van der Waals surface area contributed by atoms with Crippen molar-refractivity contribution in [3.63, 3.8) is 0 Å². The first-order valence-corrected chi connectivity index (χ1v) is 8.66. The number of carbonyl (C=O) groups excluding carboxylic acids is 1. The minimum atomic E-state index is -1.46. The molecule has 0 saturated heterocycles. The summed E-state index contributed by atoms with van der Waals surface area (Å²) in [6, 6.07) is 5.39. The van der Waals surface area contributed by atoms with Gasteiger partial charge in [0, 0.05) is 11.1 Å². The van der Waals surface area contributed by atoms with E-state index in [0.29, 0.717) is 5.56 Å². The number of rotatable bonds is 2. The third-order valence-electron chi connectivity index (χ3n) is 3.93. The summed E-state index contributed by atoms with van der Waals surface area (Å²) < 4.78 is 18.9. The van der Waals surface area contributed by atoms with Crippen LogP contribution >= 0.6 is 58.0 Å². The summed E-state index contributed by atoms with van der Waals surface area (Å²) >= 11 is 31.1. The Morgan fingerprint density at radius 1 is 1.00 bits per heavy atom. The molecule has 0 N–H and O–H groups in total. The number of ether oxygens (including phenoxy) is 1. The van der Waals surface area contributed by atoms with Gasteiger partial charge in [-0.1, -0.05) is 58.5 Å². The maximum absolute atomic E-state index is 13.3. The van der Waals surface area contributed by atoms with Crippen LogP contribution in [0.15, 0.2) is 24.3 Å². The fourth-order valence-electron chi connectivity index (χ4n) is 2.83. The standard InChI is InChI=1S/C16H8Cl5FO2/c1-6(17)16(7-2-4-8(22)5-3-7)10-9(15(23)24-16)11(18)13(20)14(21)12(10)19/h2-6H,1H3. The van der Waals surface area contributed by atoms with E-state index >= 15 is 0 Å². The monoisotopic (exact) mass is 426 g/mol. The highest BCUT2D eigenvalue weighted by molar-refractivity contribution is 6.53. The molecule has 24 heavy (non-hydrogen) atoms. The summed E-state index contributed by atoms with van der Waals surface area (Å²) in [5, 5.41) is -0.851. The van der Waals surface area contributed by atoms with E-state index < -0.39 is 22.8 Å². The Morgan fingerprint density at radius 3 is 2.08 bits per heavy atom. The molecule has 0 fully saturated rings. The van der Waals surface area contributed by atoms with Crippen LogP contribution in [0.4, 0.5) is 4.39 Å². The highest BCUT2D eigenvalue weighted by Gasteiger charge is 2.54. The van der Waals surface area contributed by atoms with Crippen LogP contribution in [0.1, 0.15) is 28.4 Å². The number of fused-ring (bicyclic) bond motifs is 1. The molecule has 3 rings (SSSR count). The molecule has 1 aliphatic heterocycles. The molecule has 2 unspecified atom stereocenters. The fourth-order valence-corrected chi connectivity index (χ4v) is 4.18. The Labute approximate surface area is 162 Å². The van der Waals surface area contributed by atoms with Crippen molar-refractivity contribution in [2.45, 2.75) is 17.9 Å². The number of cyclic esters (lactones) is 1. The maximum Gasteiger partial charge on any atom is 0.341 e. The molecule has 0 saturated carbocycles. The SMILES string of the molecule is CC(Cl)C1(c2ccc(F)cc2)OC(=O)c2c(Cl)c(Cl)c(Cl)c(Cl)c21. The minimum absolute atomic E-state index is 0.00731. The Kier molecular flexibility index (Phi) is 4.69. The first-order chi connectivity index (χ1) is 11.2. The second-order valence-electron chi connectivity index (χ2n) is 5.25. The molecule has 0 bridgehead atoms. The summed E-state index contributed by atoms with van der Waals surface area (Å²) in [5.74, 6) is -1.17. The zero-order chi connectivity index (χ0) is 17.8. The van der Waals surface area contributed by atoms with Crippen molar-refractivity contribution in [3.05, 3.63) is 66.9 Å². The first-order valence-electron chi connectivity index (χ1n) is 6.71. The molecule has 0 aromatic heterocycles. The molecule has 0 radical (unpaired) electrons. The van der Waals surface area contributed by atoms with Crippen molar-refractivity contribution in [2.24, 2.45) is 0 Å². The van der Waals surface area contributed by atoms with E-state index in [-0.39, 0.29) is 31.2 Å². The van der Waals surface area contributed by atoms with Gasteiger partial charge in [-0.05, 0) is 19.1 Å². The van der Waals surface area contributed by atoms with E-state index in [1.54, 1.807) is 6.92 Å². The highest BCUT2D eigenvalue weighted by atomic mass is 35.5. The summed E-state index contributed by atoms with van der Waals surface area (Å²) in [5.41, 5.74) is -0.790. The van der Waals surface area contributed by atoms with Gasteiger partial charge in [0.05, 0.1) is 31.0 Å². The molecule has 1 heterocycles. The van der Waals surface area contributed by atoms with Gasteiger partial charge in [0.15, 0.2) is 5.60 Å². The van der Waals surface area contributed by atoms with Crippen LogP contribution in [0.3, 0.4) is 0 Å². The van der Waals surface area contributed by atoms with Gasteiger partial charge in [-0.3, -0.25) is 0 Å². The normalized spacial score (nSPS) is 20.7. The predicted molar refractivity (Wildman–Crippen MR) is 94.4 cm³/mol. The van der Waals surface area contributed by atoms with Gasteiger partial charge in [-0.15, -0.1) is 11.6 Å². The van der Waals surface area contributed by atoms with Crippen LogP contribution in [0.25, 0.3) is 0 Å². The van der Waals surface area contributed by atoms with Crippen LogP contribution in [0.5, 0.6) is 0 Å². The molecular formula is C16H8Cl5FO2. The number of alkyl halides is 1. The van der Waals surface area contributed by atoms with Crippen molar-refractivity contribution in [1.29, 1.82) is 0 Å². The quantitative estimate of drug-likeness (QED) is 0.237. The number of hydrogen-bond acceptors (Lipinski definition) is 2. The van der Waals surface area contributed by atoms with E-state index in [1.165, 1.54) is 24.3 Å². The molecule has 2 atom stereocenters. The molecule has 8 heteroatoms. The van der Waals surface area contributed by atoms with Gasteiger partial charge >= 0.3 is 5.97 Å². The summed E-state index contributed by atoms with van der Waals surface area (Å²) in [6.07, 6.45) is 0. The molecule has 0 aliphatic carbocycles. The Balaban J connectivity index is 2.42. The number of halogens is 6. The fraction of sp³-hybridized carbons (Fsp3) is 0.188. The van der Waals surface area contributed by atoms with Crippen LogP contribution in [0.2, 0.25) is 20.1 Å². The third-order valence-corrected chi connectivity index (χ3v) is 6.04. The van der Waals surface area contributed by atoms with Crippen LogP contribution in [0, 0.1) is 5.82 Å². The summed E-state index contributed by atoms with van der Waals surface area (Å²) in [7, 11) is 0. The van der Waals surface area contributed by atoms with Crippen molar-refractivity contribution in [3.8, 4) is 0 Å². The topological polar surface area (TPSA) is 26.3 Å². The predicted octanol–water partition coefficient (Wildman–Crippen LogP) is 6.48. The van der Waals surface area contributed by atoms with Crippen LogP contribution in [-0.2, 0) is 10.3 Å². The second kappa shape index (κ2) is 6.22. The van der Waals surface area contributed by atoms with Gasteiger partial charge < -0.3 is 4.74 Å².